The van der Waals surface area contributed by atoms with Crippen LogP contribution in [0, 0.1) is 6.92 Å². The first-order chi connectivity index (χ1) is 15.4. The lowest BCUT2D eigenvalue weighted by Crippen LogP contribution is -2.42. The highest BCUT2D eigenvalue weighted by Crippen LogP contribution is 2.41. The predicted molar refractivity (Wildman–Crippen MR) is 136 cm³/mol. The Balaban J connectivity index is 1.97. The van der Waals surface area contributed by atoms with Crippen LogP contribution >= 0.6 is 0 Å². The fraction of sp³-hybridized carbons (Fsp3) is 0.462. The lowest BCUT2D eigenvalue weighted by molar-refractivity contribution is 0.488. The maximum Gasteiger partial charge on any atom is 0.268 e. The highest BCUT2D eigenvalue weighted by molar-refractivity contribution is 7.91. The maximum absolute atomic E-state index is 13.9. The van der Waals surface area contributed by atoms with Crippen LogP contribution in [0.5, 0.6) is 0 Å². The van der Waals surface area contributed by atoms with E-state index in [9.17, 15) is 13.0 Å². The minimum atomic E-state index is -3.78. The molecule has 1 aromatic heterocycles. The van der Waals surface area contributed by atoms with Crippen LogP contribution in [0.15, 0.2) is 47.4 Å². The minimum Gasteiger partial charge on any atom is -0.598 e. The van der Waals surface area contributed by atoms with Crippen LogP contribution in [0.1, 0.15) is 81.8 Å². The van der Waals surface area contributed by atoms with E-state index >= 15 is 0 Å². The van der Waals surface area contributed by atoms with Gasteiger partial charge in [0.25, 0.3) is 10.0 Å². The Morgan fingerprint density at radius 1 is 1.12 bits per heavy atom. The summed E-state index contributed by atoms with van der Waals surface area (Å²) in [7, 11) is -3.78. The minimum absolute atomic E-state index is 0.159. The van der Waals surface area contributed by atoms with E-state index in [1.54, 1.807) is 16.1 Å². The van der Waals surface area contributed by atoms with E-state index in [2.05, 4.69) is 24.6 Å². The van der Waals surface area contributed by atoms with Gasteiger partial charge in [-0.25, -0.2) is 12.4 Å². The van der Waals surface area contributed by atoms with Crippen molar-refractivity contribution in [2.45, 2.75) is 82.4 Å². The standard InChI is InChI=1S/C26H34N2O3S2/c1-17(2)19-12-15-23-21(16-19)25-22(27-32(29)26(4,5)6)8-7-9-24(25)28(23)33(30,31)20-13-10-18(3)11-14-20/h10-17,22,27H,7-9H2,1-6H3/t22-,32-/m1/s1. The van der Waals surface area contributed by atoms with Crippen LogP contribution in [-0.4, -0.2) is 21.7 Å². The van der Waals surface area contributed by atoms with Gasteiger partial charge >= 0.3 is 0 Å². The van der Waals surface area contributed by atoms with E-state index in [1.807, 2.05) is 52.0 Å². The van der Waals surface area contributed by atoms with Crippen LogP contribution < -0.4 is 4.72 Å². The van der Waals surface area contributed by atoms with Crippen molar-refractivity contribution in [3.63, 3.8) is 0 Å². The number of benzene rings is 2. The zero-order valence-corrected chi connectivity index (χ0v) is 21.9. The van der Waals surface area contributed by atoms with Crippen molar-refractivity contribution in [1.29, 1.82) is 0 Å². The lowest BCUT2D eigenvalue weighted by atomic mass is 9.90. The maximum atomic E-state index is 13.9. The molecule has 3 aromatic rings. The molecule has 0 saturated heterocycles. The van der Waals surface area contributed by atoms with Crippen molar-refractivity contribution in [2.75, 3.05) is 0 Å². The SMILES string of the molecule is Cc1ccc(S(=O)(=O)n2c3c(c4cc(C(C)C)ccc42)[C@H](N[S@+]([O-])C(C)(C)C)CCC3)cc1. The van der Waals surface area contributed by atoms with Gasteiger partial charge in [0.2, 0.25) is 0 Å². The average Bonchev–Trinajstić information content (AvgIpc) is 3.08. The topological polar surface area (TPSA) is 74.2 Å². The number of nitrogens with one attached hydrogen (secondary N) is 1. The average molecular weight is 487 g/mol. The Kier molecular flexibility index (Phi) is 6.46. The Morgan fingerprint density at radius 2 is 1.79 bits per heavy atom. The van der Waals surface area contributed by atoms with Crippen LogP contribution in [0.2, 0.25) is 0 Å². The largest absolute Gasteiger partial charge is 0.598 e. The zero-order valence-electron chi connectivity index (χ0n) is 20.3. The summed E-state index contributed by atoms with van der Waals surface area (Å²) in [5.74, 6) is 0.320. The monoisotopic (exact) mass is 486 g/mol. The second kappa shape index (κ2) is 8.77. The van der Waals surface area contributed by atoms with E-state index in [1.165, 1.54) is 0 Å². The molecule has 5 nitrogen and oxygen atoms in total. The number of aryl methyl sites for hydroxylation is 1. The predicted octanol–water partition coefficient (Wildman–Crippen LogP) is 5.74. The van der Waals surface area contributed by atoms with Crippen LogP contribution in [-0.2, 0) is 27.8 Å². The van der Waals surface area contributed by atoms with Crippen molar-refractivity contribution in [3.05, 3.63) is 64.8 Å². The van der Waals surface area contributed by atoms with Gasteiger partial charge in [-0.1, -0.05) is 37.6 Å². The molecule has 0 amide bonds. The molecular formula is C26H34N2O3S2. The summed E-state index contributed by atoms with van der Waals surface area (Å²) in [4.78, 5) is 0.286. The number of fused-ring (bicyclic) bond motifs is 3. The Labute approximate surface area is 201 Å². The molecule has 2 aromatic carbocycles. The van der Waals surface area contributed by atoms with E-state index in [4.69, 9.17) is 0 Å². The molecule has 1 aliphatic rings. The molecule has 0 fully saturated rings. The highest BCUT2D eigenvalue weighted by Gasteiger charge is 2.37. The molecule has 0 aliphatic heterocycles. The molecule has 1 aliphatic carbocycles. The van der Waals surface area contributed by atoms with Gasteiger partial charge in [-0.15, -0.1) is 4.72 Å². The molecular weight excluding hydrogens is 452 g/mol. The molecule has 7 heteroatoms. The third-order valence-electron chi connectivity index (χ3n) is 6.37. The van der Waals surface area contributed by atoms with E-state index in [0.29, 0.717) is 17.9 Å². The smallest absolute Gasteiger partial charge is 0.268 e. The number of hydrogen-bond donors (Lipinski definition) is 1. The first-order valence-corrected chi connectivity index (χ1v) is 14.2. The molecule has 4 rings (SSSR count). The molecule has 0 radical (unpaired) electrons. The van der Waals surface area contributed by atoms with Gasteiger partial charge in [0, 0.05) is 28.0 Å². The number of nitrogens with zero attached hydrogens (tertiary/aromatic N) is 1. The zero-order chi connectivity index (χ0) is 24.1. The second-order valence-electron chi connectivity index (χ2n) is 10.3. The van der Waals surface area contributed by atoms with Crippen molar-refractivity contribution >= 4 is 32.3 Å². The molecule has 1 heterocycles. The first kappa shape index (κ1) is 24.3. The molecule has 0 spiro atoms. The third-order valence-corrected chi connectivity index (χ3v) is 9.75. The molecule has 2 atom stereocenters. The normalized spacial score (nSPS) is 18.0. The van der Waals surface area contributed by atoms with Gasteiger partial charge in [-0.2, -0.15) is 0 Å². The number of rotatable bonds is 5. The third kappa shape index (κ3) is 4.48. The summed E-state index contributed by atoms with van der Waals surface area (Å²) in [5, 5.41) is 0.940. The van der Waals surface area contributed by atoms with Crippen molar-refractivity contribution < 1.29 is 13.0 Å². The highest BCUT2D eigenvalue weighted by atomic mass is 32.2. The van der Waals surface area contributed by atoms with Gasteiger partial charge in [0.1, 0.15) is 4.75 Å². The Bertz CT molecular complexity index is 1270. The van der Waals surface area contributed by atoms with E-state index in [0.717, 1.165) is 40.6 Å². The summed E-state index contributed by atoms with van der Waals surface area (Å²) in [6.07, 6.45) is 2.33. The summed E-state index contributed by atoms with van der Waals surface area (Å²) < 4.78 is 45.2. The second-order valence-corrected chi connectivity index (χ2v) is 14.1. The molecule has 33 heavy (non-hydrogen) atoms. The van der Waals surface area contributed by atoms with Gasteiger partial charge in [0.05, 0.1) is 16.5 Å². The number of aromatic nitrogens is 1. The Hall–Kier alpha value is -1.80. The summed E-state index contributed by atoms with van der Waals surface area (Å²) >= 11 is -1.26. The van der Waals surface area contributed by atoms with Gasteiger partial charge in [-0.05, 0) is 82.7 Å². The quantitative estimate of drug-likeness (QED) is 0.467. The Morgan fingerprint density at radius 3 is 2.39 bits per heavy atom. The molecule has 0 saturated carbocycles. The first-order valence-electron chi connectivity index (χ1n) is 11.6. The lowest BCUT2D eigenvalue weighted by Gasteiger charge is -2.30. The van der Waals surface area contributed by atoms with Gasteiger partial charge in [0.15, 0.2) is 0 Å². The van der Waals surface area contributed by atoms with Crippen molar-refractivity contribution in [3.8, 4) is 0 Å². The van der Waals surface area contributed by atoms with E-state index < -0.39 is 26.1 Å². The van der Waals surface area contributed by atoms with Crippen LogP contribution in [0.4, 0.5) is 0 Å². The van der Waals surface area contributed by atoms with E-state index in [-0.39, 0.29) is 10.9 Å². The molecule has 0 unspecified atom stereocenters. The molecule has 0 bridgehead atoms. The van der Waals surface area contributed by atoms with Crippen molar-refractivity contribution in [2.24, 2.45) is 0 Å². The summed E-state index contributed by atoms with van der Waals surface area (Å²) in [6.45, 7) is 12.1. The van der Waals surface area contributed by atoms with Crippen LogP contribution in [0.3, 0.4) is 0 Å². The summed E-state index contributed by atoms with van der Waals surface area (Å²) in [5.41, 5.74) is 4.66. The van der Waals surface area contributed by atoms with Gasteiger partial charge < -0.3 is 4.55 Å². The van der Waals surface area contributed by atoms with Crippen LogP contribution in [0.25, 0.3) is 10.9 Å². The van der Waals surface area contributed by atoms with Gasteiger partial charge in [-0.3, -0.25) is 0 Å². The molecule has 1 N–H and O–H groups in total. The fourth-order valence-corrected chi connectivity index (χ4v) is 6.91. The number of hydrogen-bond acceptors (Lipinski definition) is 4. The summed E-state index contributed by atoms with van der Waals surface area (Å²) in [6, 6.07) is 12.9. The fourth-order valence-electron chi connectivity index (χ4n) is 4.47. The van der Waals surface area contributed by atoms with Crippen molar-refractivity contribution in [1.82, 2.24) is 8.69 Å². The molecule has 178 valence electrons.